The number of thioether (sulfide) groups is 1. The van der Waals surface area contributed by atoms with Crippen molar-refractivity contribution in [1.82, 2.24) is 4.98 Å². The molecule has 0 aliphatic rings. The van der Waals surface area contributed by atoms with E-state index in [4.69, 9.17) is 11.5 Å². The quantitative estimate of drug-likeness (QED) is 0.727. The van der Waals surface area contributed by atoms with Gasteiger partial charge >= 0.3 is 0 Å². The molecule has 0 radical (unpaired) electrons. The van der Waals surface area contributed by atoms with Crippen molar-refractivity contribution in [2.24, 2.45) is 5.92 Å². The van der Waals surface area contributed by atoms with Crippen LogP contribution in [0.25, 0.3) is 0 Å². The van der Waals surface area contributed by atoms with E-state index in [2.05, 4.69) is 18.8 Å². The highest BCUT2D eigenvalue weighted by atomic mass is 32.2. The number of nitrogens with two attached hydrogens (primary N) is 2. The Bertz CT molecular complexity index is 286. The second-order valence-electron chi connectivity index (χ2n) is 3.32. The van der Waals surface area contributed by atoms with E-state index < -0.39 is 0 Å². The Balaban J connectivity index is 2.71. The Morgan fingerprint density at radius 2 is 2.15 bits per heavy atom. The van der Waals surface area contributed by atoms with Gasteiger partial charge in [-0.15, -0.1) is 11.8 Å². The molecular formula is C9H15N3S. The molecule has 0 atom stereocenters. The Morgan fingerprint density at radius 1 is 1.46 bits per heavy atom. The molecule has 0 amide bonds. The summed E-state index contributed by atoms with van der Waals surface area (Å²) in [7, 11) is 0. The van der Waals surface area contributed by atoms with E-state index in [0.717, 1.165) is 10.8 Å². The molecule has 0 aliphatic heterocycles. The fourth-order valence-corrected chi connectivity index (χ4v) is 1.73. The Morgan fingerprint density at radius 3 is 2.77 bits per heavy atom. The van der Waals surface area contributed by atoms with Crippen LogP contribution in [0.4, 0.5) is 11.4 Å². The van der Waals surface area contributed by atoms with Crippen LogP contribution in [0.1, 0.15) is 13.8 Å². The molecule has 4 N–H and O–H groups in total. The first kappa shape index (κ1) is 10.2. The number of hydrogen-bond acceptors (Lipinski definition) is 4. The van der Waals surface area contributed by atoms with Crippen LogP contribution in [-0.4, -0.2) is 10.7 Å². The van der Waals surface area contributed by atoms with Gasteiger partial charge in [0.15, 0.2) is 0 Å². The van der Waals surface area contributed by atoms with Gasteiger partial charge in [-0.25, -0.2) is 4.98 Å². The summed E-state index contributed by atoms with van der Waals surface area (Å²) in [4.78, 5) is 4.17. The number of nitrogen functional groups attached to an aromatic ring is 2. The number of anilines is 2. The molecular weight excluding hydrogens is 182 g/mol. The Hall–Kier alpha value is -0.900. The van der Waals surface area contributed by atoms with E-state index in [1.54, 1.807) is 24.0 Å². The van der Waals surface area contributed by atoms with Gasteiger partial charge in [0.25, 0.3) is 0 Å². The molecule has 3 nitrogen and oxygen atoms in total. The average molecular weight is 197 g/mol. The Kier molecular flexibility index (Phi) is 3.42. The smallest absolute Gasteiger partial charge is 0.121 e. The number of aromatic nitrogens is 1. The zero-order valence-electron chi connectivity index (χ0n) is 7.95. The SMILES string of the molecule is CC(C)CSc1nccc(N)c1N. The first-order valence-corrected chi connectivity index (χ1v) is 5.22. The van der Waals surface area contributed by atoms with Crippen molar-refractivity contribution in [3.63, 3.8) is 0 Å². The van der Waals surface area contributed by atoms with Gasteiger partial charge in [-0.05, 0) is 12.0 Å². The minimum absolute atomic E-state index is 0.605. The fraction of sp³-hybridized carbons (Fsp3) is 0.444. The van der Waals surface area contributed by atoms with Crippen LogP contribution in [0.5, 0.6) is 0 Å². The predicted octanol–water partition coefficient (Wildman–Crippen LogP) is 1.99. The lowest BCUT2D eigenvalue weighted by molar-refractivity contribution is 0.749. The van der Waals surface area contributed by atoms with Crippen molar-refractivity contribution < 1.29 is 0 Å². The van der Waals surface area contributed by atoms with Gasteiger partial charge in [0.05, 0.1) is 11.4 Å². The van der Waals surface area contributed by atoms with E-state index in [1.165, 1.54) is 0 Å². The zero-order chi connectivity index (χ0) is 9.84. The first-order valence-electron chi connectivity index (χ1n) is 4.24. The molecule has 1 aromatic heterocycles. The van der Waals surface area contributed by atoms with Crippen molar-refractivity contribution in [3.05, 3.63) is 12.3 Å². The van der Waals surface area contributed by atoms with Gasteiger partial charge in [-0.3, -0.25) is 0 Å². The van der Waals surface area contributed by atoms with Crippen LogP contribution < -0.4 is 11.5 Å². The van der Waals surface area contributed by atoms with Crippen molar-refractivity contribution in [1.29, 1.82) is 0 Å². The molecule has 13 heavy (non-hydrogen) atoms. The van der Waals surface area contributed by atoms with Crippen molar-refractivity contribution >= 4 is 23.1 Å². The van der Waals surface area contributed by atoms with E-state index in [1.807, 2.05) is 0 Å². The summed E-state index contributed by atoms with van der Waals surface area (Å²) in [5.74, 6) is 1.65. The minimum atomic E-state index is 0.605. The molecule has 72 valence electrons. The summed E-state index contributed by atoms with van der Waals surface area (Å²) in [6, 6.07) is 1.72. The van der Waals surface area contributed by atoms with Gasteiger partial charge in [0.2, 0.25) is 0 Å². The number of hydrogen-bond donors (Lipinski definition) is 2. The number of rotatable bonds is 3. The van der Waals surface area contributed by atoms with Crippen LogP contribution >= 0.6 is 11.8 Å². The average Bonchev–Trinajstić information content (AvgIpc) is 2.07. The highest BCUT2D eigenvalue weighted by molar-refractivity contribution is 7.99. The molecule has 0 unspecified atom stereocenters. The normalized spacial score (nSPS) is 10.7. The third-order valence-electron chi connectivity index (χ3n) is 1.54. The van der Waals surface area contributed by atoms with Gasteiger partial charge in [0.1, 0.15) is 5.03 Å². The summed E-state index contributed by atoms with van der Waals surface area (Å²) in [6.45, 7) is 4.32. The highest BCUT2D eigenvalue weighted by Gasteiger charge is 2.05. The maximum absolute atomic E-state index is 5.76. The Labute approximate surface area is 82.9 Å². The molecule has 1 aromatic rings. The van der Waals surface area contributed by atoms with Gasteiger partial charge < -0.3 is 11.5 Å². The molecule has 0 saturated carbocycles. The van der Waals surface area contributed by atoms with Crippen LogP contribution in [-0.2, 0) is 0 Å². The van der Waals surface area contributed by atoms with Gasteiger partial charge in [-0.2, -0.15) is 0 Å². The molecule has 0 aromatic carbocycles. The number of pyridine rings is 1. The fourth-order valence-electron chi connectivity index (χ4n) is 0.829. The standard InChI is InChI=1S/C9H15N3S/c1-6(2)5-13-9-8(11)7(10)3-4-12-9/h3-4,6H,5,11H2,1-2H3,(H2,10,12). The highest BCUT2D eigenvalue weighted by Crippen LogP contribution is 2.27. The molecule has 1 rings (SSSR count). The van der Waals surface area contributed by atoms with E-state index in [0.29, 0.717) is 17.3 Å². The van der Waals surface area contributed by atoms with Crippen molar-refractivity contribution in [3.8, 4) is 0 Å². The monoisotopic (exact) mass is 197 g/mol. The lowest BCUT2D eigenvalue weighted by Crippen LogP contribution is -1.99. The van der Waals surface area contributed by atoms with Gasteiger partial charge in [-0.1, -0.05) is 13.8 Å². The predicted molar refractivity (Wildman–Crippen MR) is 58.6 cm³/mol. The topological polar surface area (TPSA) is 64.9 Å². The summed E-state index contributed by atoms with van der Waals surface area (Å²) in [5, 5.41) is 0.841. The maximum atomic E-state index is 5.76. The van der Waals surface area contributed by atoms with Crippen molar-refractivity contribution in [2.75, 3.05) is 17.2 Å². The molecule has 1 heterocycles. The largest absolute Gasteiger partial charge is 0.397 e. The number of nitrogens with zero attached hydrogens (tertiary/aromatic N) is 1. The van der Waals surface area contributed by atoms with Crippen LogP contribution in [0.2, 0.25) is 0 Å². The summed E-state index contributed by atoms with van der Waals surface area (Å²) >= 11 is 1.65. The lowest BCUT2D eigenvalue weighted by Gasteiger charge is -2.07. The third-order valence-corrected chi connectivity index (χ3v) is 2.97. The molecule has 0 fully saturated rings. The third kappa shape index (κ3) is 2.81. The molecule has 0 saturated heterocycles. The zero-order valence-corrected chi connectivity index (χ0v) is 8.77. The molecule has 4 heteroatoms. The van der Waals surface area contributed by atoms with E-state index >= 15 is 0 Å². The van der Waals surface area contributed by atoms with Gasteiger partial charge in [0, 0.05) is 11.9 Å². The molecule has 0 spiro atoms. The minimum Gasteiger partial charge on any atom is -0.397 e. The lowest BCUT2D eigenvalue weighted by atomic mass is 10.3. The van der Waals surface area contributed by atoms with Crippen molar-refractivity contribution in [2.45, 2.75) is 18.9 Å². The van der Waals surface area contributed by atoms with Crippen LogP contribution in [0, 0.1) is 5.92 Å². The second-order valence-corrected chi connectivity index (χ2v) is 4.33. The molecule has 0 bridgehead atoms. The van der Waals surface area contributed by atoms with E-state index in [9.17, 15) is 0 Å². The summed E-state index contributed by atoms with van der Waals surface area (Å²) < 4.78 is 0. The summed E-state index contributed by atoms with van der Waals surface area (Å²) in [5.41, 5.74) is 12.6. The van der Waals surface area contributed by atoms with Crippen LogP contribution in [0.3, 0.4) is 0 Å². The maximum Gasteiger partial charge on any atom is 0.121 e. The van der Waals surface area contributed by atoms with Crippen LogP contribution in [0.15, 0.2) is 17.3 Å². The molecule has 0 aliphatic carbocycles. The first-order chi connectivity index (χ1) is 6.11. The second kappa shape index (κ2) is 4.37. The van der Waals surface area contributed by atoms with E-state index in [-0.39, 0.29) is 0 Å². The summed E-state index contributed by atoms with van der Waals surface area (Å²) in [6.07, 6.45) is 1.69.